The molecule has 2 atom stereocenters. The summed E-state index contributed by atoms with van der Waals surface area (Å²) in [6.07, 6.45) is -2.42. The quantitative estimate of drug-likeness (QED) is 0.324. The summed E-state index contributed by atoms with van der Waals surface area (Å²) < 4.78 is 55.3. The van der Waals surface area contributed by atoms with Crippen LogP contribution in [0.5, 0.6) is 0 Å². The summed E-state index contributed by atoms with van der Waals surface area (Å²) in [4.78, 5) is 0. The Morgan fingerprint density at radius 2 is 1.45 bits per heavy atom. The highest BCUT2D eigenvalue weighted by Crippen LogP contribution is 2.40. The van der Waals surface area contributed by atoms with Crippen LogP contribution in [0.2, 0.25) is 0 Å². The summed E-state index contributed by atoms with van der Waals surface area (Å²) in [6.45, 7) is 4.90. The second-order valence-electron chi connectivity index (χ2n) is 8.57. The molecule has 0 aromatic heterocycles. The Labute approximate surface area is 181 Å². The van der Waals surface area contributed by atoms with E-state index in [2.05, 4.69) is 0 Å². The lowest BCUT2D eigenvalue weighted by molar-refractivity contribution is -0.0216. The van der Waals surface area contributed by atoms with Gasteiger partial charge in [0.05, 0.1) is 0 Å². The van der Waals surface area contributed by atoms with Crippen LogP contribution in [-0.4, -0.2) is 12.1 Å². The van der Waals surface area contributed by atoms with Crippen molar-refractivity contribution in [3.05, 3.63) is 106 Å². The average molecular weight is 429 g/mol. The van der Waals surface area contributed by atoms with Gasteiger partial charge in [-0.15, -0.1) is 0 Å². The van der Waals surface area contributed by atoms with Crippen molar-refractivity contribution in [1.82, 2.24) is 0 Å². The fourth-order valence-corrected chi connectivity index (χ4v) is 4.23. The third-order valence-corrected chi connectivity index (χ3v) is 6.07. The minimum atomic E-state index is -3.14. The number of benzene rings is 3. The van der Waals surface area contributed by atoms with Gasteiger partial charge in [-0.05, 0) is 61.1 Å². The lowest BCUT2D eigenvalue weighted by atomic mass is 9.68. The summed E-state index contributed by atoms with van der Waals surface area (Å²) in [5.74, 6) is -0.546. The van der Waals surface area contributed by atoms with E-state index in [1.54, 1.807) is 6.07 Å². The maximum atomic E-state index is 14.7. The molecular formula is C27H28F4. The van der Waals surface area contributed by atoms with E-state index in [1.165, 1.54) is 6.07 Å². The molecule has 0 N–H and O–H groups in total. The Morgan fingerprint density at radius 3 is 2.03 bits per heavy atom. The fourth-order valence-electron chi connectivity index (χ4n) is 4.23. The van der Waals surface area contributed by atoms with Gasteiger partial charge in [-0.1, -0.05) is 73.2 Å². The van der Waals surface area contributed by atoms with Gasteiger partial charge in [0, 0.05) is 11.8 Å². The maximum Gasteiger partial charge on any atom is 0.272 e. The van der Waals surface area contributed by atoms with Crippen molar-refractivity contribution in [1.29, 1.82) is 0 Å². The summed E-state index contributed by atoms with van der Waals surface area (Å²) in [6, 6.07) is 22.3. The van der Waals surface area contributed by atoms with Gasteiger partial charge in [-0.25, -0.2) is 17.6 Å². The van der Waals surface area contributed by atoms with E-state index in [4.69, 9.17) is 0 Å². The molecular weight excluding hydrogens is 400 g/mol. The molecule has 3 aromatic rings. The van der Waals surface area contributed by atoms with Gasteiger partial charge in [0.25, 0.3) is 6.43 Å². The van der Waals surface area contributed by atoms with Crippen LogP contribution in [0.3, 0.4) is 0 Å². The highest BCUT2D eigenvalue weighted by Gasteiger charge is 2.37. The standard InChI is InChI=1S/C27H28F4/c1-4-27(18-20-8-6-5-7-9-20,22-12-10-19(2)11-13-22)23-14-21(15-24(28)16-23)17-26(3,31)25(29)30/h5-16,25H,4,17-18H2,1-3H3/t26?,27-/m0/s1. The predicted molar refractivity (Wildman–Crippen MR) is 118 cm³/mol. The van der Waals surface area contributed by atoms with Crippen molar-refractivity contribution in [3.8, 4) is 0 Å². The highest BCUT2D eigenvalue weighted by molar-refractivity contribution is 5.44. The molecule has 0 nitrogen and oxygen atoms in total. The Kier molecular flexibility index (Phi) is 6.88. The van der Waals surface area contributed by atoms with Crippen molar-refractivity contribution < 1.29 is 17.6 Å². The molecule has 0 aliphatic heterocycles. The topological polar surface area (TPSA) is 0 Å². The lowest BCUT2D eigenvalue weighted by Crippen LogP contribution is -2.32. The third kappa shape index (κ3) is 5.17. The molecule has 0 bridgehead atoms. The second-order valence-corrected chi connectivity index (χ2v) is 8.57. The predicted octanol–water partition coefficient (Wildman–Crippen LogP) is 7.61. The Balaban J connectivity index is 2.16. The first-order chi connectivity index (χ1) is 14.7. The summed E-state index contributed by atoms with van der Waals surface area (Å²) in [5, 5.41) is 0. The first kappa shape index (κ1) is 23.1. The number of halogens is 4. The average Bonchev–Trinajstić information content (AvgIpc) is 2.72. The summed E-state index contributed by atoms with van der Waals surface area (Å²) >= 11 is 0. The molecule has 1 unspecified atom stereocenters. The summed E-state index contributed by atoms with van der Waals surface area (Å²) in [7, 11) is 0. The van der Waals surface area contributed by atoms with Crippen LogP contribution < -0.4 is 0 Å². The maximum absolute atomic E-state index is 14.7. The Hall–Kier alpha value is -2.62. The van der Waals surface area contributed by atoms with Gasteiger partial charge in [0.2, 0.25) is 0 Å². The van der Waals surface area contributed by atoms with Crippen molar-refractivity contribution in [2.75, 3.05) is 0 Å². The van der Waals surface area contributed by atoms with Gasteiger partial charge in [0.1, 0.15) is 5.82 Å². The van der Waals surface area contributed by atoms with Gasteiger partial charge >= 0.3 is 0 Å². The van der Waals surface area contributed by atoms with E-state index >= 15 is 0 Å². The van der Waals surface area contributed by atoms with Gasteiger partial charge in [0.15, 0.2) is 5.67 Å². The van der Waals surface area contributed by atoms with Crippen LogP contribution >= 0.6 is 0 Å². The molecule has 0 radical (unpaired) electrons. The molecule has 0 amide bonds. The number of hydrogen-bond donors (Lipinski definition) is 0. The normalized spacial score (nSPS) is 15.5. The van der Waals surface area contributed by atoms with E-state index in [9.17, 15) is 17.6 Å². The van der Waals surface area contributed by atoms with Crippen molar-refractivity contribution in [3.63, 3.8) is 0 Å². The third-order valence-electron chi connectivity index (χ3n) is 6.07. The first-order valence-corrected chi connectivity index (χ1v) is 10.5. The minimum absolute atomic E-state index is 0.235. The van der Waals surface area contributed by atoms with E-state index in [0.29, 0.717) is 18.4 Å². The van der Waals surface area contributed by atoms with Crippen molar-refractivity contribution >= 4 is 0 Å². The Bertz CT molecular complexity index is 994. The second kappa shape index (κ2) is 9.25. The molecule has 3 rings (SSSR count). The molecule has 0 aliphatic rings. The van der Waals surface area contributed by atoms with Crippen LogP contribution in [0.15, 0.2) is 72.8 Å². The zero-order valence-electron chi connectivity index (χ0n) is 18.1. The van der Waals surface area contributed by atoms with Crippen molar-refractivity contribution in [2.24, 2.45) is 0 Å². The molecule has 0 saturated carbocycles. The van der Waals surface area contributed by atoms with Gasteiger partial charge in [-0.2, -0.15) is 0 Å². The van der Waals surface area contributed by atoms with Crippen LogP contribution in [0.4, 0.5) is 17.6 Å². The largest absolute Gasteiger partial charge is 0.272 e. The van der Waals surface area contributed by atoms with Crippen LogP contribution in [-0.2, 0) is 18.3 Å². The van der Waals surface area contributed by atoms with E-state index < -0.39 is 29.7 Å². The molecule has 0 aliphatic carbocycles. The Morgan fingerprint density at radius 1 is 0.806 bits per heavy atom. The molecule has 3 aromatic carbocycles. The van der Waals surface area contributed by atoms with Crippen LogP contribution in [0, 0.1) is 12.7 Å². The smallest absolute Gasteiger partial charge is 0.238 e. The molecule has 31 heavy (non-hydrogen) atoms. The van der Waals surface area contributed by atoms with E-state index in [-0.39, 0.29) is 5.56 Å². The van der Waals surface area contributed by atoms with Crippen LogP contribution in [0.25, 0.3) is 0 Å². The van der Waals surface area contributed by atoms with Gasteiger partial charge < -0.3 is 0 Å². The lowest BCUT2D eigenvalue weighted by Gasteiger charge is -2.35. The molecule has 0 saturated heterocycles. The molecule has 0 heterocycles. The number of hydrogen-bond acceptors (Lipinski definition) is 0. The zero-order valence-corrected chi connectivity index (χ0v) is 18.1. The first-order valence-electron chi connectivity index (χ1n) is 10.5. The van der Waals surface area contributed by atoms with Gasteiger partial charge in [-0.3, -0.25) is 0 Å². The number of rotatable bonds is 8. The fraction of sp³-hybridized carbons (Fsp3) is 0.333. The van der Waals surface area contributed by atoms with E-state index in [0.717, 1.165) is 29.7 Å². The highest BCUT2D eigenvalue weighted by atomic mass is 19.3. The minimum Gasteiger partial charge on any atom is -0.238 e. The van der Waals surface area contributed by atoms with Crippen LogP contribution in [0.1, 0.15) is 48.1 Å². The molecule has 4 heteroatoms. The SMILES string of the molecule is CC[C@](Cc1ccccc1)(c1ccc(C)cc1)c1cc(F)cc(CC(C)(F)C(F)F)c1. The van der Waals surface area contributed by atoms with E-state index in [1.807, 2.05) is 68.4 Å². The molecule has 0 spiro atoms. The summed E-state index contributed by atoms with van der Waals surface area (Å²) in [5.41, 5.74) is 0.809. The zero-order chi connectivity index (χ0) is 22.6. The number of alkyl halides is 3. The molecule has 164 valence electrons. The van der Waals surface area contributed by atoms with Crippen molar-refractivity contribution in [2.45, 2.75) is 57.5 Å². The monoisotopic (exact) mass is 428 g/mol. The molecule has 0 fully saturated rings. The number of aryl methyl sites for hydroxylation is 1.